The maximum atomic E-state index is 12.0. The summed E-state index contributed by atoms with van der Waals surface area (Å²) in [6.45, 7) is 8.35. The third-order valence-corrected chi connectivity index (χ3v) is 2.70. The molecule has 20 heavy (non-hydrogen) atoms. The molecule has 0 aromatic heterocycles. The fraction of sp³-hybridized carbons (Fsp3) is 0.562. The summed E-state index contributed by atoms with van der Waals surface area (Å²) < 4.78 is 10.6. The van der Waals surface area contributed by atoms with Gasteiger partial charge in [-0.3, -0.25) is 5.32 Å². The van der Waals surface area contributed by atoms with Crippen LogP contribution in [0.2, 0.25) is 0 Å². The van der Waals surface area contributed by atoms with Crippen LogP contribution in [-0.2, 0) is 14.3 Å². The molecule has 0 aliphatic heterocycles. The molecule has 0 spiro atoms. The van der Waals surface area contributed by atoms with E-state index < -0.39 is 6.04 Å². The Bertz CT molecular complexity index is 379. The van der Waals surface area contributed by atoms with Crippen LogP contribution in [0.1, 0.15) is 32.4 Å². The van der Waals surface area contributed by atoms with Crippen molar-refractivity contribution in [3.05, 3.63) is 35.9 Å². The number of carbonyl (C=O) groups is 1. The van der Waals surface area contributed by atoms with Crippen LogP contribution >= 0.6 is 0 Å². The molecule has 0 saturated carbocycles. The number of esters is 1. The first-order valence-corrected chi connectivity index (χ1v) is 7.17. The van der Waals surface area contributed by atoms with Gasteiger partial charge in [0.2, 0.25) is 0 Å². The zero-order chi connectivity index (χ0) is 14.8. The number of benzene rings is 1. The van der Waals surface area contributed by atoms with Gasteiger partial charge in [0.1, 0.15) is 6.04 Å². The van der Waals surface area contributed by atoms with Crippen LogP contribution in [0.25, 0.3) is 0 Å². The number of nitrogens with one attached hydrogen (secondary N) is 1. The van der Waals surface area contributed by atoms with Gasteiger partial charge in [-0.1, -0.05) is 44.2 Å². The van der Waals surface area contributed by atoms with Crippen LogP contribution in [0.4, 0.5) is 0 Å². The number of hydrogen-bond acceptors (Lipinski definition) is 4. The minimum atomic E-state index is -0.432. The minimum Gasteiger partial charge on any atom is -0.465 e. The molecular weight excluding hydrogens is 254 g/mol. The van der Waals surface area contributed by atoms with E-state index in [-0.39, 0.29) is 5.97 Å². The second-order valence-electron chi connectivity index (χ2n) is 5.02. The Hall–Kier alpha value is -1.39. The van der Waals surface area contributed by atoms with Crippen molar-refractivity contribution in [1.29, 1.82) is 0 Å². The van der Waals surface area contributed by atoms with Crippen LogP contribution in [0.5, 0.6) is 0 Å². The van der Waals surface area contributed by atoms with Crippen molar-refractivity contribution in [2.24, 2.45) is 5.92 Å². The van der Waals surface area contributed by atoms with Gasteiger partial charge in [-0.15, -0.1) is 0 Å². The standard InChI is InChI=1S/C16H25NO3/c1-4-20-16(18)15(14-8-6-5-7-9-14)17-10-11-19-12-13(2)3/h5-9,13,15,17H,4,10-12H2,1-3H3. The lowest BCUT2D eigenvalue weighted by Crippen LogP contribution is -2.32. The first kappa shape index (κ1) is 16.7. The zero-order valence-electron chi connectivity index (χ0n) is 12.6. The average molecular weight is 279 g/mol. The van der Waals surface area contributed by atoms with Crippen molar-refractivity contribution >= 4 is 5.97 Å². The molecule has 0 bridgehead atoms. The van der Waals surface area contributed by atoms with Gasteiger partial charge in [0.15, 0.2) is 0 Å². The van der Waals surface area contributed by atoms with Crippen molar-refractivity contribution in [3.63, 3.8) is 0 Å². The number of hydrogen-bond donors (Lipinski definition) is 1. The van der Waals surface area contributed by atoms with E-state index >= 15 is 0 Å². The van der Waals surface area contributed by atoms with Gasteiger partial charge in [-0.2, -0.15) is 0 Å². The predicted octanol–water partition coefficient (Wildman–Crippen LogP) is 2.55. The molecule has 0 fully saturated rings. The van der Waals surface area contributed by atoms with E-state index in [4.69, 9.17) is 9.47 Å². The maximum absolute atomic E-state index is 12.0. The second-order valence-corrected chi connectivity index (χ2v) is 5.02. The van der Waals surface area contributed by atoms with E-state index in [2.05, 4.69) is 19.2 Å². The van der Waals surface area contributed by atoms with E-state index in [1.807, 2.05) is 37.3 Å². The lowest BCUT2D eigenvalue weighted by atomic mass is 10.1. The summed E-state index contributed by atoms with van der Waals surface area (Å²) in [4.78, 5) is 12.0. The van der Waals surface area contributed by atoms with Gasteiger partial charge in [-0.25, -0.2) is 4.79 Å². The summed E-state index contributed by atoms with van der Waals surface area (Å²) in [5.74, 6) is 0.271. The Labute approximate surface area is 121 Å². The first-order chi connectivity index (χ1) is 9.65. The molecule has 0 amide bonds. The van der Waals surface area contributed by atoms with Gasteiger partial charge in [0.05, 0.1) is 13.2 Å². The fourth-order valence-corrected chi connectivity index (χ4v) is 1.80. The van der Waals surface area contributed by atoms with Crippen LogP contribution in [0, 0.1) is 5.92 Å². The van der Waals surface area contributed by atoms with Crippen LogP contribution in [-0.4, -0.2) is 32.3 Å². The van der Waals surface area contributed by atoms with E-state index in [1.165, 1.54) is 0 Å². The molecule has 0 saturated heterocycles. The molecular formula is C16H25NO3. The molecule has 4 heteroatoms. The molecule has 0 radical (unpaired) electrons. The predicted molar refractivity (Wildman–Crippen MR) is 79.5 cm³/mol. The summed E-state index contributed by atoms with van der Waals surface area (Å²) in [7, 11) is 0. The van der Waals surface area contributed by atoms with Crippen molar-refractivity contribution in [1.82, 2.24) is 5.32 Å². The normalized spacial score (nSPS) is 12.4. The summed E-state index contributed by atoms with van der Waals surface area (Å²) in [6.07, 6.45) is 0. The Morgan fingerprint density at radius 3 is 2.55 bits per heavy atom. The van der Waals surface area contributed by atoms with E-state index in [0.717, 1.165) is 12.2 Å². The fourth-order valence-electron chi connectivity index (χ4n) is 1.80. The largest absolute Gasteiger partial charge is 0.465 e. The summed E-state index contributed by atoms with van der Waals surface area (Å²) >= 11 is 0. The second kappa shape index (κ2) is 9.50. The third-order valence-electron chi connectivity index (χ3n) is 2.70. The van der Waals surface area contributed by atoms with Crippen molar-refractivity contribution in [2.75, 3.05) is 26.4 Å². The Balaban J connectivity index is 2.49. The topological polar surface area (TPSA) is 47.6 Å². The quantitative estimate of drug-likeness (QED) is 0.557. The molecule has 1 atom stereocenters. The van der Waals surface area contributed by atoms with Crippen molar-refractivity contribution in [3.8, 4) is 0 Å². The van der Waals surface area contributed by atoms with Crippen molar-refractivity contribution in [2.45, 2.75) is 26.8 Å². The monoisotopic (exact) mass is 279 g/mol. The molecule has 0 aliphatic rings. The molecule has 0 aliphatic carbocycles. The van der Waals surface area contributed by atoms with E-state index in [9.17, 15) is 4.79 Å². The zero-order valence-corrected chi connectivity index (χ0v) is 12.6. The van der Waals surface area contributed by atoms with Gasteiger partial charge in [0, 0.05) is 13.2 Å². The van der Waals surface area contributed by atoms with Gasteiger partial charge in [0.25, 0.3) is 0 Å². The molecule has 1 N–H and O–H groups in total. The SMILES string of the molecule is CCOC(=O)C(NCCOCC(C)C)c1ccccc1. The van der Waals surface area contributed by atoms with Crippen LogP contribution in [0.15, 0.2) is 30.3 Å². The highest BCUT2D eigenvalue weighted by atomic mass is 16.5. The van der Waals surface area contributed by atoms with Gasteiger partial charge < -0.3 is 9.47 Å². The lowest BCUT2D eigenvalue weighted by Gasteiger charge is -2.18. The average Bonchev–Trinajstić information content (AvgIpc) is 2.43. The summed E-state index contributed by atoms with van der Waals surface area (Å²) in [5.41, 5.74) is 0.912. The third kappa shape index (κ3) is 6.17. The van der Waals surface area contributed by atoms with E-state index in [1.54, 1.807) is 0 Å². The molecule has 1 rings (SSSR count). The van der Waals surface area contributed by atoms with Crippen LogP contribution < -0.4 is 5.32 Å². The van der Waals surface area contributed by atoms with Gasteiger partial charge in [-0.05, 0) is 18.4 Å². The highest BCUT2D eigenvalue weighted by Crippen LogP contribution is 2.14. The Kier molecular flexibility index (Phi) is 7.92. The van der Waals surface area contributed by atoms with Gasteiger partial charge >= 0.3 is 5.97 Å². The molecule has 1 unspecified atom stereocenters. The minimum absolute atomic E-state index is 0.248. The number of rotatable bonds is 9. The van der Waals surface area contributed by atoms with Crippen LogP contribution in [0.3, 0.4) is 0 Å². The van der Waals surface area contributed by atoms with E-state index in [0.29, 0.717) is 25.7 Å². The Morgan fingerprint density at radius 2 is 1.95 bits per heavy atom. The number of carbonyl (C=O) groups excluding carboxylic acids is 1. The molecule has 1 aromatic carbocycles. The highest BCUT2D eigenvalue weighted by molar-refractivity contribution is 5.77. The first-order valence-electron chi connectivity index (χ1n) is 7.17. The highest BCUT2D eigenvalue weighted by Gasteiger charge is 2.20. The lowest BCUT2D eigenvalue weighted by molar-refractivity contribution is -0.145. The maximum Gasteiger partial charge on any atom is 0.327 e. The smallest absolute Gasteiger partial charge is 0.327 e. The Morgan fingerprint density at radius 1 is 1.25 bits per heavy atom. The molecule has 112 valence electrons. The van der Waals surface area contributed by atoms with Crippen molar-refractivity contribution < 1.29 is 14.3 Å². The molecule has 4 nitrogen and oxygen atoms in total. The number of ether oxygens (including phenoxy) is 2. The molecule has 1 aromatic rings. The molecule has 0 heterocycles. The summed E-state index contributed by atoms with van der Waals surface area (Å²) in [5, 5.41) is 3.19. The summed E-state index contributed by atoms with van der Waals surface area (Å²) in [6, 6.07) is 9.17.